The first-order chi connectivity index (χ1) is 9.49. The Labute approximate surface area is 122 Å². The second kappa shape index (κ2) is 6.26. The van der Waals surface area contributed by atoms with Gasteiger partial charge in [-0.25, -0.2) is 4.98 Å². The first-order valence-electron chi connectivity index (χ1n) is 6.65. The lowest BCUT2D eigenvalue weighted by molar-refractivity contribution is -0.133. The number of aromatic nitrogens is 3. The van der Waals surface area contributed by atoms with Crippen molar-refractivity contribution >= 4 is 28.8 Å². The molecule has 6 heteroatoms. The van der Waals surface area contributed by atoms with Crippen LogP contribution in [0.1, 0.15) is 33.2 Å². The summed E-state index contributed by atoms with van der Waals surface area (Å²) in [4.78, 5) is 19.4. The monoisotopic (exact) mass is 293 g/mol. The van der Waals surface area contributed by atoms with Crippen LogP contribution in [0.2, 0.25) is 0 Å². The molecule has 5 nitrogen and oxygen atoms in total. The van der Waals surface area contributed by atoms with Crippen LogP contribution in [0.5, 0.6) is 0 Å². The van der Waals surface area contributed by atoms with Gasteiger partial charge < -0.3 is 9.67 Å². The fourth-order valence-corrected chi connectivity index (χ4v) is 3.20. The van der Waals surface area contributed by atoms with Crippen LogP contribution in [0, 0.1) is 5.92 Å². The van der Waals surface area contributed by atoms with Crippen LogP contribution >= 0.6 is 11.8 Å². The van der Waals surface area contributed by atoms with Crippen molar-refractivity contribution in [3.8, 4) is 0 Å². The van der Waals surface area contributed by atoms with Gasteiger partial charge in [0.2, 0.25) is 0 Å². The number of hydrogen-bond acceptors (Lipinski definition) is 4. The number of imidazole rings is 1. The highest BCUT2D eigenvalue weighted by Gasteiger charge is 2.18. The highest BCUT2D eigenvalue weighted by Crippen LogP contribution is 2.30. The molecule has 0 fully saturated rings. The Balaban J connectivity index is 2.41. The van der Waals surface area contributed by atoms with Crippen LogP contribution in [-0.2, 0) is 4.79 Å². The van der Waals surface area contributed by atoms with Crippen molar-refractivity contribution in [1.29, 1.82) is 0 Å². The van der Waals surface area contributed by atoms with Crippen molar-refractivity contribution < 1.29 is 9.90 Å². The molecule has 0 aliphatic rings. The Morgan fingerprint density at radius 1 is 1.45 bits per heavy atom. The topological polar surface area (TPSA) is 68.0 Å². The summed E-state index contributed by atoms with van der Waals surface area (Å²) in [6.45, 7) is 6.51. The maximum absolute atomic E-state index is 10.8. The number of carbonyl (C=O) groups is 1. The molecule has 0 radical (unpaired) electrons. The molecule has 0 saturated carbocycles. The molecule has 2 rings (SSSR count). The maximum atomic E-state index is 10.8. The minimum absolute atomic E-state index is 0.0190. The highest BCUT2D eigenvalue weighted by atomic mass is 32.2. The summed E-state index contributed by atoms with van der Waals surface area (Å²) in [6, 6.07) is 2.21. The molecule has 20 heavy (non-hydrogen) atoms. The number of carboxylic acid groups (broad SMARTS) is 1. The van der Waals surface area contributed by atoms with E-state index in [4.69, 9.17) is 5.11 Å². The summed E-state index contributed by atoms with van der Waals surface area (Å²) in [7, 11) is 0. The van der Waals surface area contributed by atoms with Gasteiger partial charge in [-0.15, -0.1) is 0 Å². The minimum Gasteiger partial charge on any atom is -0.481 e. The lowest BCUT2D eigenvalue weighted by Gasteiger charge is -2.19. The Kier molecular flexibility index (Phi) is 4.65. The molecule has 0 aliphatic carbocycles. The average Bonchev–Trinajstić information content (AvgIpc) is 2.73. The van der Waals surface area contributed by atoms with E-state index in [0.717, 1.165) is 22.6 Å². The zero-order chi connectivity index (χ0) is 14.7. The molecule has 0 amide bonds. The number of thioether (sulfide) groups is 1. The van der Waals surface area contributed by atoms with E-state index in [1.54, 1.807) is 12.4 Å². The van der Waals surface area contributed by atoms with Crippen LogP contribution in [0.3, 0.4) is 0 Å². The first kappa shape index (κ1) is 14.8. The maximum Gasteiger partial charge on any atom is 0.313 e. The summed E-state index contributed by atoms with van der Waals surface area (Å²) in [5.74, 6) is -0.240. The van der Waals surface area contributed by atoms with Gasteiger partial charge in [-0.2, -0.15) is 0 Å². The number of nitrogens with zero attached hydrogens (tertiary/aromatic N) is 3. The van der Waals surface area contributed by atoms with E-state index in [-0.39, 0.29) is 11.8 Å². The van der Waals surface area contributed by atoms with E-state index in [0.29, 0.717) is 5.92 Å². The van der Waals surface area contributed by atoms with Crippen molar-refractivity contribution in [1.82, 2.24) is 14.5 Å². The van der Waals surface area contributed by atoms with Gasteiger partial charge in [-0.1, -0.05) is 25.6 Å². The van der Waals surface area contributed by atoms with E-state index >= 15 is 0 Å². The smallest absolute Gasteiger partial charge is 0.313 e. The fraction of sp³-hybridized carbons (Fsp3) is 0.500. The summed E-state index contributed by atoms with van der Waals surface area (Å²) in [5.41, 5.74) is 1.83. The quantitative estimate of drug-likeness (QED) is 0.828. The second-order valence-electron chi connectivity index (χ2n) is 5.29. The fourth-order valence-electron chi connectivity index (χ4n) is 2.37. The standard InChI is InChI=1S/C14H19N3O2S/c1-9(2)6-10(3)17-12-4-5-15-7-11(12)16-14(17)20-8-13(18)19/h4-5,7,9-10H,6,8H2,1-3H3,(H,18,19). The van der Waals surface area contributed by atoms with Crippen LogP contribution in [0.15, 0.2) is 23.6 Å². The predicted octanol–water partition coefficient (Wildman–Crippen LogP) is 3.22. The molecule has 0 aromatic carbocycles. The van der Waals surface area contributed by atoms with E-state index in [1.165, 1.54) is 11.8 Å². The lowest BCUT2D eigenvalue weighted by Crippen LogP contribution is -2.10. The Morgan fingerprint density at radius 2 is 2.20 bits per heavy atom. The zero-order valence-corrected chi connectivity index (χ0v) is 12.7. The number of pyridine rings is 1. The van der Waals surface area contributed by atoms with Crippen LogP contribution in [-0.4, -0.2) is 31.4 Å². The second-order valence-corrected chi connectivity index (χ2v) is 6.23. The van der Waals surface area contributed by atoms with Gasteiger partial charge in [0.05, 0.1) is 17.5 Å². The first-order valence-corrected chi connectivity index (χ1v) is 7.64. The van der Waals surface area contributed by atoms with E-state index in [9.17, 15) is 4.79 Å². The van der Waals surface area contributed by atoms with Gasteiger partial charge in [0.15, 0.2) is 5.16 Å². The number of rotatable bonds is 6. The zero-order valence-electron chi connectivity index (χ0n) is 11.9. The summed E-state index contributed by atoms with van der Waals surface area (Å²) < 4.78 is 2.13. The molecule has 0 saturated heterocycles. The van der Waals surface area contributed by atoms with E-state index in [1.807, 2.05) is 6.07 Å². The molecule has 2 heterocycles. The third-order valence-electron chi connectivity index (χ3n) is 3.04. The molecule has 0 bridgehead atoms. The molecule has 1 atom stereocenters. The molecule has 2 aromatic rings. The Morgan fingerprint density at radius 3 is 2.85 bits per heavy atom. The van der Waals surface area contributed by atoms with Crippen molar-refractivity contribution in [2.24, 2.45) is 5.92 Å². The number of fused-ring (bicyclic) bond motifs is 1. The third-order valence-corrected chi connectivity index (χ3v) is 3.97. The van der Waals surface area contributed by atoms with Gasteiger partial charge in [0.1, 0.15) is 5.52 Å². The molecule has 1 unspecified atom stereocenters. The third kappa shape index (κ3) is 3.30. The van der Waals surface area contributed by atoms with Gasteiger partial charge in [-0.05, 0) is 25.3 Å². The summed E-state index contributed by atoms with van der Waals surface area (Å²) >= 11 is 1.26. The normalized spacial score (nSPS) is 13.0. The molecule has 2 aromatic heterocycles. The molecular weight excluding hydrogens is 274 g/mol. The van der Waals surface area contributed by atoms with E-state index in [2.05, 4.69) is 35.3 Å². The number of hydrogen-bond donors (Lipinski definition) is 1. The van der Waals surface area contributed by atoms with Crippen LogP contribution < -0.4 is 0 Å². The molecular formula is C14H19N3O2S. The van der Waals surface area contributed by atoms with Crippen molar-refractivity contribution in [3.05, 3.63) is 18.5 Å². The van der Waals surface area contributed by atoms with Gasteiger partial charge in [0, 0.05) is 12.2 Å². The largest absolute Gasteiger partial charge is 0.481 e. The molecule has 108 valence electrons. The predicted molar refractivity (Wildman–Crippen MR) is 80.1 cm³/mol. The summed E-state index contributed by atoms with van der Waals surface area (Å²) in [6.07, 6.45) is 4.49. The molecule has 0 aliphatic heterocycles. The average molecular weight is 293 g/mol. The molecule has 0 spiro atoms. The molecule has 1 N–H and O–H groups in total. The number of aliphatic carboxylic acids is 1. The van der Waals surface area contributed by atoms with Crippen LogP contribution in [0.4, 0.5) is 0 Å². The van der Waals surface area contributed by atoms with Gasteiger partial charge in [0.25, 0.3) is 0 Å². The Hall–Kier alpha value is -1.56. The minimum atomic E-state index is -0.830. The van der Waals surface area contributed by atoms with Crippen LogP contribution in [0.25, 0.3) is 11.0 Å². The van der Waals surface area contributed by atoms with E-state index < -0.39 is 5.97 Å². The Bertz CT molecular complexity index is 609. The van der Waals surface area contributed by atoms with Crippen molar-refractivity contribution in [3.63, 3.8) is 0 Å². The van der Waals surface area contributed by atoms with Crippen molar-refractivity contribution in [2.75, 3.05) is 5.75 Å². The van der Waals surface area contributed by atoms with Gasteiger partial charge in [-0.3, -0.25) is 9.78 Å². The lowest BCUT2D eigenvalue weighted by atomic mass is 10.1. The number of carboxylic acids is 1. The summed E-state index contributed by atoms with van der Waals surface area (Å²) in [5, 5.41) is 9.61. The van der Waals surface area contributed by atoms with Gasteiger partial charge >= 0.3 is 5.97 Å². The highest BCUT2D eigenvalue weighted by molar-refractivity contribution is 7.99. The van der Waals surface area contributed by atoms with Crippen molar-refractivity contribution in [2.45, 2.75) is 38.4 Å². The SMILES string of the molecule is CC(C)CC(C)n1c(SCC(=O)O)nc2cnccc21.